The molecular formula is C17H34NPS. The van der Waals surface area contributed by atoms with E-state index in [9.17, 15) is 0 Å². The first-order chi connectivity index (χ1) is 9.92. The molecule has 1 N–H and O–H groups in total. The van der Waals surface area contributed by atoms with E-state index in [1.807, 2.05) is 11.8 Å². The Bertz CT molecular complexity index is 219. The fraction of sp³-hybridized carbons (Fsp3) is 1.00. The van der Waals surface area contributed by atoms with Crippen LogP contribution in [0.15, 0.2) is 0 Å². The van der Waals surface area contributed by atoms with Crippen molar-refractivity contribution in [3.05, 3.63) is 0 Å². The van der Waals surface area contributed by atoms with E-state index in [0.717, 1.165) is 11.3 Å². The number of nitrogens with one attached hydrogen (secondary N) is 1. The molecule has 2 rings (SSSR count). The molecule has 2 aliphatic rings. The molecule has 2 aliphatic carbocycles. The normalized spacial score (nSPS) is 22.5. The minimum atomic E-state index is 0.313. The Morgan fingerprint density at radius 1 is 0.850 bits per heavy atom. The van der Waals surface area contributed by atoms with Crippen molar-refractivity contribution in [1.29, 1.82) is 0 Å². The zero-order valence-electron chi connectivity index (χ0n) is 13.4. The molecule has 0 atom stereocenters. The van der Waals surface area contributed by atoms with Crippen LogP contribution in [0.4, 0.5) is 0 Å². The Labute approximate surface area is 132 Å². The van der Waals surface area contributed by atoms with Crippen LogP contribution >= 0.6 is 19.7 Å². The van der Waals surface area contributed by atoms with Gasteiger partial charge < -0.3 is 5.32 Å². The second-order valence-electron chi connectivity index (χ2n) is 6.56. The fourth-order valence-corrected chi connectivity index (χ4v) is 8.14. The van der Waals surface area contributed by atoms with Crippen molar-refractivity contribution in [3.8, 4) is 0 Å². The third-order valence-corrected chi connectivity index (χ3v) is 9.38. The van der Waals surface area contributed by atoms with E-state index in [0.29, 0.717) is 7.92 Å². The smallest absolute Gasteiger partial charge is 0.00553 e. The minimum Gasteiger partial charge on any atom is -0.316 e. The summed E-state index contributed by atoms with van der Waals surface area (Å²) in [6.45, 7) is 2.50. The Morgan fingerprint density at radius 2 is 1.40 bits per heavy atom. The molecule has 2 saturated carbocycles. The van der Waals surface area contributed by atoms with E-state index in [1.165, 1.54) is 63.5 Å². The molecule has 3 heteroatoms. The molecular weight excluding hydrogens is 281 g/mol. The van der Waals surface area contributed by atoms with Crippen molar-refractivity contribution in [2.24, 2.45) is 0 Å². The standard InChI is InChI=1S/C17H34NPS/c1-20-15-13-18-12-14-19(16-8-4-2-5-9-16)17-10-6-3-7-11-17/h16-18H,2-15H2,1H3. The minimum absolute atomic E-state index is 0.313. The van der Waals surface area contributed by atoms with Crippen LogP contribution in [-0.4, -0.2) is 42.6 Å². The quantitative estimate of drug-likeness (QED) is 0.495. The van der Waals surface area contributed by atoms with Gasteiger partial charge >= 0.3 is 0 Å². The monoisotopic (exact) mass is 315 g/mol. The highest BCUT2D eigenvalue weighted by Crippen LogP contribution is 2.55. The Morgan fingerprint density at radius 3 is 1.90 bits per heavy atom. The SMILES string of the molecule is CSCCNCCP(C1CCCCC1)C1CCCCC1. The van der Waals surface area contributed by atoms with Gasteiger partial charge in [0.05, 0.1) is 0 Å². The van der Waals surface area contributed by atoms with Crippen LogP contribution in [0.3, 0.4) is 0 Å². The first-order valence-corrected chi connectivity index (χ1v) is 11.9. The number of thioether (sulfide) groups is 1. The third kappa shape index (κ3) is 5.85. The Balaban J connectivity index is 1.78. The van der Waals surface area contributed by atoms with Crippen LogP contribution < -0.4 is 5.32 Å². The van der Waals surface area contributed by atoms with Crippen molar-refractivity contribution in [2.45, 2.75) is 75.5 Å². The first kappa shape index (κ1) is 17.1. The average molecular weight is 316 g/mol. The van der Waals surface area contributed by atoms with Crippen molar-refractivity contribution in [3.63, 3.8) is 0 Å². The highest BCUT2D eigenvalue weighted by atomic mass is 32.2. The molecule has 0 aromatic rings. The van der Waals surface area contributed by atoms with Gasteiger partial charge in [0.2, 0.25) is 0 Å². The molecule has 0 aromatic carbocycles. The highest BCUT2D eigenvalue weighted by molar-refractivity contribution is 7.98. The fourth-order valence-electron chi connectivity index (χ4n) is 4.00. The number of hydrogen-bond acceptors (Lipinski definition) is 2. The number of hydrogen-bond donors (Lipinski definition) is 1. The molecule has 118 valence electrons. The zero-order valence-corrected chi connectivity index (χ0v) is 15.1. The maximum absolute atomic E-state index is 3.69. The van der Waals surface area contributed by atoms with Gasteiger partial charge in [0.1, 0.15) is 0 Å². The summed E-state index contributed by atoms with van der Waals surface area (Å²) in [7, 11) is 0.313. The van der Waals surface area contributed by atoms with Crippen LogP contribution in [-0.2, 0) is 0 Å². The molecule has 0 saturated heterocycles. The van der Waals surface area contributed by atoms with Gasteiger partial charge in [0, 0.05) is 12.3 Å². The first-order valence-electron chi connectivity index (χ1n) is 8.87. The average Bonchev–Trinajstić information content (AvgIpc) is 2.53. The van der Waals surface area contributed by atoms with E-state index in [-0.39, 0.29) is 0 Å². The van der Waals surface area contributed by atoms with E-state index < -0.39 is 0 Å². The van der Waals surface area contributed by atoms with Crippen LogP contribution in [0.25, 0.3) is 0 Å². The molecule has 0 spiro atoms. The van der Waals surface area contributed by atoms with E-state index in [2.05, 4.69) is 11.6 Å². The number of rotatable bonds is 8. The summed E-state index contributed by atoms with van der Waals surface area (Å²) in [5, 5.41) is 3.69. The lowest BCUT2D eigenvalue weighted by Gasteiger charge is -2.38. The summed E-state index contributed by atoms with van der Waals surface area (Å²) in [5.74, 6) is 1.27. The summed E-state index contributed by atoms with van der Waals surface area (Å²) in [6, 6.07) is 0. The summed E-state index contributed by atoms with van der Waals surface area (Å²) >= 11 is 1.96. The van der Waals surface area contributed by atoms with E-state index >= 15 is 0 Å². The van der Waals surface area contributed by atoms with Gasteiger partial charge in [-0.1, -0.05) is 46.4 Å². The molecule has 0 amide bonds. The molecule has 1 nitrogen and oxygen atoms in total. The largest absolute Gasteiger partial charge is 0.316 e. The van der Waals surface area contributed by atoms with Gasteiger partial charge in [-0.05, 0) is 56.0 Å². The van der Waals surface area contributed by atoms with Crippen LogP contribution in [0.2, 0.25) is 0 Å². The van der Waals surface area contributed by atoms with Gasteiger partial charge in [-0.2, -0.15) is 11.8 Å². The third-order valence-electron chi connectivity index (χ3n) is 5.12. The predicted molar refractivity (Wildman–Crippen MR) is 96.8 cm³/mol. The second kappa shape index (κ2) is 10.5. The Hall–Kier alpha value is 0.740. The molecule has 0 aliphatic heterocycles. The lowest BCUT2D eigenvalue weighted by molar-refractivity contribution is 0.483. The molecule has 0 radical (unpaired) electrons. The maximum atomic E-state index is 3.69. The predicted octanol–water partition coefficient (Wildman–Crippen LogP) is 5.09. The molecule has 2 fully saturated rings. The molecule has 0 aromatic heterocycles. The van der Waals surface area contributed by atoms with E-state index in [4.69, 9.17) is 0 Å². The van der Waals surface area contributed by atoms with Gasteiger partial charge in [0.25, 0.3) is 0 Å². The van der Waals surface area contributed by atoms with Gasteiger partial charge in [-0.3, -0.25) is 0 Å². The molecule has 0 unspecified atom stereocenters. The summed E-state index contributed by atoms with van der Waals surface area (Å²) in [5.41, 5.74) is 2.26. The van der Waals surface area contributed by atoms with Crippen molar-refractivity contribution >= 4 is 19.7 Å². The molecule has 0 bridgehead atoms. The van der Waals surface area contributed by atoms with Gasteiger partial charge in [0.15, 0.2) is 0 Å². The maximum Gasteiger partial charge on any atom is 0.00553 e. The Kier molecular flexibility index (Phi) is 8.95. The molecule has 0 heterocycles. The lowest BCUT2D eigenvalue weighted by Crippen LogP contribution is -2.27. The van der Waals surface area contributed by atoms with Crippen LogP contribution in [0.5, 0.6) is 0 Å². The zero-order chi connectivity index (χ0) is 14.0. The van der Waals surface area contributed by atoms with Gasteiger partial charge in [-0.25, -0.2) is 0 Å². The second-order valence-corrected chi connectivity index (χ2v) is 10.5. The van der Waals surface area contributed by atoms with Crippen molar-refractivity contribution in [1.82, 2.24) is 5.32 Å². The van der Waals surface area contributed by atoms with Crippen LogP contribution in [0, 0.1) is 0 Å². The summed E-state index contributed by atoms with van der Waals surface area (Å²) < 4.78 is 0. The van der Waals surface area contributed by atoms with Crippen molar-refractivity contribution < 1.29 is 0 Å². The van der Waals surface area contributed by atoms with Crippen LogP contribution in [0.1, 0.15) is 64.2 Å². The van der Waals surface area contributed by atoms with E-state index in [1.54, 1.807) is 25.7 Å². The topological polar surface area (TPSA) is 12.0 Å². The van der Waals surface area contributed by atoms with Crippen molar-refractivity contribution in [2.75, 3.05) is 31.3 Å². The van der Waals surface area contributed by atoms with Gasteiger partial charge in [-0.15, -0.1) is 0 Å². The summed E-state index contributed by atoms with van der Waals surface area (Å²) in [4.78, 5) is 0. The highest BCUT2D eigenvalue weighted by Gasteiger charge is 2.30. The lowest BCUT2D eigenvalue weighted by atomic mass is 9.99. The molecule has 20 heavy (non-hydrogen) atoms. The summed E-state index contributed by atoms with van der Waals surface area (Å²) in [6.07, 6.45) is 19.1.